The van der Waals surface area contributed by atoms with Gasteiger partial charge in [0.1, 0.15) is 11.1 Å². The van der Waals surface area contributed by atoms with E-state index < -0.39 is 0 Å². The fourth-order valence-electron chi connectivity index (χ4n) is 2.09. The van der Waals surface area contributed by atoms with Crippen molar-refractivity contribution in [3.8, 4) is 5.75 Å². The number of amides is 2. The summed E-state index contributed by atoms with van der Waals surface area (Å²) in [6, 6.07) is 10.1. The molecule has 6 nitrogen and oxygen atoms in total. The second kappa shape index (κ2) is 6.55. The average molecular weight is 397 g/mol. The van der Waals surface area contributed by atoms with Crippen LogP contribution in [0.3, 0.4) is 0 Å². The predicted molar refractivity (Wildman–Crippen MR) is 89.9 cm³/mol. The standard InChI is InChI=1S/C15H11BrClN3O3/c16-12-6-5-11-15(19-12)20(14(22)8-23-11)7-13(21)18-10-3-1-9(17)2-4-10/h1-6H,7-8H2,(H,18,21). The summed E-state index contributed by atoms with van der Waals surface area (Å²) in [6.45, 7) is -0.272. The van der Waals surface area contributed by atoms with E-state index in [2.05, 4.69) is 26.2 Å². The molecule has 0 saturated carbocycles. The molecule has 0 radical (unpaired) electrons. The van der Waals surface area contributed by atoms with E-state index in [-0.39, 0.29) is 25.0 Å². The molecular formula is C15H11BrClN3O3. The van der Waals surface area contributed by atoms with Crippen molar-refractivity contribution < 1.29 is 14.3 Å². The number of fused-ring (bicyclic) bond motifs is 1. The molecule has 2 heterocycles. The molecule has 2 aromatic rings. The first-order chi connectivity index (χ1) is 11.0. The van der Waals surface area contributed by atoms with Gasteiger partial charge in [-0.05, 0) is 52.3 Å². The van der Waals surface area contributed by atoms with Gasteiger partial charge in [0.25, 0.3) is 5.91 Å². The number of ether oxygens (including phenoxy) is 1. The summed E-state index contributed by atoms with van der Waals surface area (Å²) in [4.78, 5) is 29.8. The highest BCUT2D eigenvalue weighted by atomic mass is 79.9. The number of hydrogen-bond donors (Lipinski definition) is 1. The molecule has 0 fully saturated rings. The molecule has 8 heteroatoms. The lowest BCUT2D eigenvalue weighted by molar-refractivity contribution is -0.123. The normalized spacial score (nSPS) is 13.3. The highest BCUT2D eigenvalue weighted by Gasteiger charge is 2.28. The molecule has 0 aliphatic carbocycles. The van der Waals surface area contributed by atoms with E-state index in [0.717, 1.165) is 0 Å². The second-order valence-corrected chi connectivity index (χ2v) is 6.03. The van der Waals surface area contributed by atoms with Crippen LogP contribution in [0, 0.1) is 0 Å². The molecule has 1 aromatic carbocycles. The lowest BCUT2D eigenvalue weighted by Crippen LogP contribution is -2.44. The first kappa shape index (κ1) is 15.8. The Bertz CT molecular complexity index is 767. The SMILES string of the molecule is O=C(CN1C(=O)COc2ccc(Br)nc21)Nc1ccc(Cl)cc1. The molecule has 118 valence electrons. The van der Waals surface area contributed by atoms with E-state index in [9.17, 15) is 9.59 Å². The maximum atomic E-state index is 12.2. The Morgan fingerprint density at radius 3 is 2.78 bits per heavy atom. The minimum absolute atomic E-state index is 0.120. The second-order valence-electron chi connectivity index (χ2n) is 4.78. The zero-order chi connectivity index (χ0) is 16.4. The molecule has 1 aliphatic rings. The lowest BCUT2D eigenvalue weighted by atomic mass is 10.3. The van der Waals surface area contributed by atoms with Crippen LogP contribution in [0.25, 0.3) is 0 Å². The van der Waals surface area contributed by atoms with Gasteiger partial charge in [0, 0.05) is 10.7 Å². The van der Waals surface area contributed by atoms with Crippen LogP contribution in [-0.2, 0) is 9.59 Å². The van der Waals surface area contributed by atoms with Crippen molar-refractivity contribution in [2.45, 2.75) is 0 Å². The van der Waals surface area contributed by atoms with Gasteiger partial charge in [-0.3, -0.25) is 14.5 Å². The summed E-state index contributed by atoms with van der Waals surface area (Å²) in [6.07, 6.45) is 0. The summed E-state index contributed by atoms with van der Waals surface area (Å²) in [7, 11) is 0. The average Bonchev–Trinajstić information content (AvgIpc) is 2.52. The summed E-state index contributed by atoms with van der Waals surface area (Å²) in [5, 5.41) is 3.29. The molecule has 0 spiro atoms. The number of anilines is 2. The number of nitrogens with zero attached hydrogens (tertiary/aromatic N) is 2. The van der Waals surface area contributed by atoms with Crippen LogP contribution in [0.4, 0.5) is 11.5 Å². The smallest absolute Gasteiger partial charge is 0.266 e. The minimum atomic E-state index is -0.338. The third-order valence-electron chi connectivity index (χ3n) is 3.14. The third kappa shape index (κ3) is 3.62. The van der Waals surface area contributed by atoms with Crippen LogP contribution in [-0.4, -0.2) is 29.9 Å². The third-order valence-corrected chi connectivity index (χ3v) is 3.84. The van der Waals surface area contributed by atoms with Gasteiger partial charge in [-0.2, -0.15) is 0 Å². The quantitative estimate of drug-likeness (QED) is 0.810. The molecule has 0 saturated heterocycles. The number of halogens is 2. The summed E-state index contributed by atoms with van der Waals surface area (Å²) >= 11 is 9.05. The molecule has 3 rings (SSSR count). The summed E-state index contributed by atoms with van der Waals surface area (Å²) in [5.41, 5.74) is 0.600. The Morgan fingerprint density at radius 2 is 2.04 bits per heavy atom. The fourth-order valence-corrected chi connectivity index (χ4v) is 2.52. The van der Waals surface area contributed by atoms with Crippen LogP contribution < -0.4 is 15.0 Å². The molecule has 1 aliphatic heterocycles. The monoisotopic (exact) mass is 395 g/mol. The number of hydrogen-bond acceptors (Lipinski definition) is 4. The van der Waals surface area contributed by atoms with Crippen LogP contribution >= 0.6 is 27.5 Å². The maximum absolute atomic E-state index is 12.2. The van der Waals surface area contributed by atoms with Gasteiger partial charge >= 0.3 is 0 Å². The molecule has 2 amide bonds. The number of benzene rings is 1. The van der Waals surface area contributed by atoms with Crippen molar-refractivity contribution in [3.63, 3.8) is 0 Å². The van der Waals surface area contributed by atoms with Crippen LogP contribution in [0.5, 0.6) is 5.75 Å². The Morgan fingerprint density at radius 1 is 1.30 bits per heavy atom. The Balaban J connectivity index is 1.76. The van der Waals surface area contributed by atoms with Gasteiger partial charge in [0.2, 0.25) is 5.91 Å². The van der Waals surface area contributed by atoms with E-state index >= 15 is 0 Å². The van der Waals surface area contributed by atoms with Crippen LogP contribution in [0.2, 0.25) is 5.02 Å². The highest BCUT2D eigenvalue weighted by molar-refractivity contribution is 9.10. The summed E-state index contributed by atoms with van der Waals surface area (Å²) in [5.74, 6) is 0.124. The zero-order valence-electron chi connectivity index (χ0n) is 11.8. The number of pyridine rings is 1. The Labute approximate surface area is 145 Å². The van der Waals surface area contributed by atoms with E-state index in [4.69, 9.17) is 16.3 Å². The van der Waals surface area contributed by atoms with Crippen molar-refractivity contribution in [3.05, 3.63) is 46.0 Å². The molecule has 23 heavy (non-hydrogen) atoms. The molecular weight excluding hydrogens is 386 g/mol. The largest absolute Gasteiger partial charge is 0.480 e. The molecule has 0 unspecified atom stereocenters. The van der Waals surface area contributed by atoms with E-state index in [1.807, 2.05) is 0 Å². The van der Waals surface area contributed by atoms with Gasteiger partial charge in [-0.25, -0.2) is 4.98 Å². The van der Waals surface area contributed by atoms with E-state index in [0.29, 0.717) is 26.9 Å². The van der Waals surface area contributed by atoms with Gasteiger partial charge in [0.05, 0.1) is 0 Å². The van der Waals surface area contributed by atoms with Gasteiger partial charge < -0.3 is 10.1 Å². The number of nitrogens with one attached hydrogen (secondary N) is 1. The van der Waals surface area contributed by atoms with Crippen molar-refractivity contribution in [2.75, 3.05) is 23.4 Å². The number of carbonyl (C=O) groups excluding carboxylic acids is 2. The van der Waals surface area contributed by atoms with Gasteiger partial charge in [0.15, 0.2) is 18.2 Å². The van der Waals surface area contributed by atoms with Crippen molar-refractivity contribution >= 4 is 50.9 Å². The first-order valence-electron chi connectivity index (χ1n) is 6.68. The van der Waals surface area contributed by atoms with Gasteiger partial charge in [-0.1, -0.05) is 11.6 Å². The molecule has 1 aromatic heterocycles. The fraction of sp³-hybridized carbons (Fsp3) is 0.133. The molecule has 0 bridgehead atoms. The first-order valence-corrected chi connectivity index (χ1v) is 7.85. The zero-order valence-corrected chi connectivity index (χ0v) is 14.1. The molecule has 1 N–H and O–H groups in total. The van der Waals surface area contributed by atoms with E-state index in [1.165, 1.54) is 4.90 Å². The molecule has 0 atom stereocenters. The summed E-state index contributed by atoms with van der Waals surface area (Å²) < 4.78 is 5.87. The Kier molecular flexibility index (Phi) is 4.49. The lowest BCUT2D eigenvalue weighted by Gasteiger charge is -2.27. The van der Waals surface area contributed by atoms with Crippen molar-refractivity contribution in [1.29, 1.82) is 0 Å². The minimum Gasteiger partial charge on any atom is -0.480 e. The van der Waals surface area contributed by atoms with Crippen molar-refractivity contribution in [2.24, 2.45) is 0 Å². The van der Waals surface area contributed by atoms with E-state index in [1.54, 1.807) is 36.4 Å². The number of rotatable bonds is 3. The Hall–Kier alpha value is -2.12. The van der Waals surface area contributed by atoms with Crippen LogP contribution in [0.1, 0.15) is 0 Å². The predicted octanol–water partition coefficient (Wildman–Crippen LogP) is 2.86. The number of aromatic nitrogens is 1. The topological polar surface area (TPSA) is 71.5 Å². The number of carbonyl (C=O) groups is 2. The van der Waals surface area contributed by atoms with Crippen LogP contribution in [0.15, 0.2) is 41.0 Å². The highest BCUT2D eigenvalue weighted by Crippen LogP contribution is 2.31. The van der Waals surface area contributed by atoms with Gasteiger partial charge in [-0.15, -0.1) is 0 Å². The maximum Gasteiger partial charge on any atom is 0.266 e. The van der Waals surface area contributed by atoms with Crippen molar-refractivity contribution in [1.82, 2.24) is 4.98 Å².